The quantitative estimate of drug-likeness (QED) is 0.848. The van der Waals surface area contributed by atoms with Gasteiger partial charge >= 0.3 is 0 Å². The van der Waals surface area contributed by atoms with Crippen molar-refractivity contribution in [2.45, 2.75) is 44.9 Å². The van der Waals surface area contributed by atoms with E-state index < -0.39 is 0 Å². The van der Waals surface area contributed by atoms with Gasteiger partial charge in [0.1, 0.15) is 5.69 Å². The molecular formula is C16H21N3O2. The molecule has 1 aliphatic heterocycles. The first-order valence-corrected chi connectivity index (χ1v) is 7.42. The van der Waals surface area contributed by atoms with Crippen molar-refractivity contribution in [3.8, 4) is 11.6 Å². The molecular weight excluding hydrogens is 266 g/mol. The zero-order valence-corrected chi connectivity index (χ0v) is 12.8. The van der Waals surface area contributed by atoms with Crippen LogP contribution in [0.4, 0.5) is 0 Å². The molecule has 0 amide bonds. The van der Waals surface area contributed by atoms with Gasteiger partial charge in [0.15, 0.2) is 0 Å². The van der Waals surface area contributed by atoms with Crippen LogP contribution in [-0.2, 0) is 10.2 Å². The van der Waals surface area contributed by atoms with Crippen LogP contribution in [0.15, 0.2) is 22.7 Å². The molecule has 5 nitrogen and oxygen atoms in total. The maximum absolute atomic E-state index is 5.79. The third-order valence-corrected chi connectivity index (χ3v) is 3.86. The van der Waals surface area contributed by atoms with Gasteiger partial charge in [0.2, 0.25) is 5.89 Å². The minimum atomic E-state index is 0.0909. The topological polar surface area (TPSA) is 61.0 Å². The molecule has 1 aliphatic rings. The van der Waals surface area contributed by atoms with Crippen molar-refractivity contribution in [2.24, 2.45) is 0 Å². The molecule has 21 heavy (non-hydrogen) atoms. The molecule has 0 spiro atoms. The summed E-state index contributed by atoms with van der Waals surface area (Å²) in [5, 5.41) is 8.31. The average Bonchev–Trinajstić information content (AvgIpc) is 2.97. The lowest BCUT2D eigenvalue weighted by atomic mass is 9.88. The van der Waals surface area contributed by atoms with Crippen molar-refractivity contribution in [2.75, 3.05) is 13.2 Å². The molecule has 0 aliphatic carbocycles. The van der Waals surface area contributed by atoms with E-state index in [1.807, 2.05) is 12.3 Å². The standard InChI is InChI=1S/C16H21N3O2/c1-16(2,3)12-4-5-13(17-10-12)15-19-18-14(21-15)11-6-8-20-9-7-11/h4-5,10-11H,6-9H2,1-3H3. The van der Waals surface area contributed by atoms with Gasteiger partial charge in [0.05, 0.1) is 0 Å². The fraction of sp³-hybridized carbons (Fsp3) is 0.562. The summed E-state index contributed by atoms with van der Waals surface area (Å²) >= 11 is 0. The number of hydrogen-bond donors (Lipinski definition) is 0. The normalized spacial score (nSPS) is 17.1. The van der Waals surface area contributed by atoms with Crippen molar-refractivity contribution in [1.82, 2.24) is 15.2 Å². The Morgan fingerprint density at radius 3 is 2.48 bits per heavy atom. The molecule has 112 valence electrons. The fourth-order valence-electron chi connectivity index (χ4n) is 2.41. The largest absolute Gasteiger partial charge is 0.419 e. The molecule has 3 rings (SSSR count). The Balaban J connectivity index is 1.79. The molecule has 1 saturated heterocycles. The maximum Gasteiger partial charge on any atom is 0.266 e. The molecule has 0 radical (unpaired) electrons. The highest BCUT2D eigenvalue weighted by Gasteiger charge is 2.22. The molecule has 2 aromatic rings. The zero-order valence-electron chi connectivity index (χ0n) is 12.8. The number of hydrogen-bond acceptors (Lipinski definition) is 5. The molecule has 2 aromatic heterocycles. The minimum Gasteiger partial charge on any atom is -0.419 e. The second kappa shape index (κ2) is 5.56. The van der Waals surface area contributed by atoms with E-state index in [2.05, 4.69) is 42.0 Å². The summed E-state index contributed by atoms with van der Waals surface area (Å²) in [6.45, 7) is 8.03. The van der Waals surface area contributed by atoms with E-state index in [1.54, 1.807) is 0 Å². The van der Waals surface area contributed by atoms with E-state index in [0.29, 0.717) is 17.7 Å². The van der Waals surface area contributed by atoms with Gasteiger partial charge in [0.25, 0.3) is 5.89 Å². The summed E-state index contributed by atoms with van der Waals surface area (Å²) < 4.78 is 11.1. The molecule has 1 fully saturated rings. The van der Waals surface area contributed by atoms with Crippen molar-refractivity contribution >= 4 is 0 Å². The second-order valence-electron chi connectivity index (χ2n) is 6.51. The molecule has 0 N–H and O–H groups in total. The van der Waals surface area contributed by atoms with Gasteiger partial charge in [-0.05, 0) is 29.9 Å². The molecule has 3 heterocycles. The first kappa shape index (κ1) is 14.2. The Bertz CT molecular complexity index is 593. The molecule has 5 heteroatoms. The third kappa shape index (κ3) is 3.13. The first-order chi connectivity index (χ1) is 10.0. The van der Waals surface area contributed by atoms with Crippen LogP contribution < -0.4 is 0 Å². The summed E-state index contributed by atoms with van der Waals surface area (Å²) in [6.07, 6.45) is 3.77. The number of pyridine rings is 1. The highest BCUT2D eigenvalue weighted by molar-refractivity contribution is 5.46. The predicted octanol–water partition coefficient (Wildman–Crippen LogP) is 3.32. The Morgan fingerprint density at radius 2 is 1.86 bits per heavy atom. The molecule has 0 atom stereocenters. The molecule has 0 bridgehead atoms. The number of ether oxygens (including phenoxy) is 1. The minimum absolute atomic E-state index is 0.0909. The highest BCUT2D eigenvalue weighted by Crippen LogP contribution is 2.28. The van der Waals surface area contributed by atoms with E-state index in [-0.39, 0.29) is 5.41 Å². The van der Waals surface area contributed by atoms with Crippen LogP contribution in [0.1, 0.15) is 51.0 Å². The SMILES string of the molecule is CC(C)(C)c1ccc(-c2nnc(C3CCOCC3)o2)nc1. The Kier molecular flexibility index (Phi) is 3.76. The van der Waals surface area contributed by atoms with E-state index in [9.17, 15) is 0 Å². The van der Waals surface area contributed by atoms with Gasteiger partial charge in [-0.15, -0.1) is 10.2 Å². The van der Waals surface area contributed by atoms with E-state index in [4.69, 9.17) is 9.15 Å². The zero-order chi connectivity index (χ0) is 14.9. The van der Waals surface area contributed by atoms with Crippen molar-refractivity contribution < 1.29 is 9.15 Å². The Morgan fingerprint density at radius 1 is 1.10 bits per heavy atom. The van der Waals surface area contributed by atoms with Crippen LogP contribution in [0, 0.1) is 0 Å². The van der Waals surface area contributed by atoms with E-state index in [1.165, 1.54) is 5.56 Å². The molecule has 0 aromatic carbocycles. The van der Waals surface area contributed by atoms with Crippen LogP contribution in [0.5, 0.6) is 0 Å². The van der Waals surface area contributed by atoms with Gasteiger partial charge in [-0.2, -0.15) is 0 Å². The average molecular weight is 287 g/mol. The molecule has 0 unspecified atom stereocenters. The summed E-state index contributed by atoms with van der Waals surface area (Å²) in [4.78, 5) is 4.45. The van der Waals surface area contributed by atoms with Crippen molar-refractivity contribution in [1.29, 1.82) is 0 Å². The van der Waals surface area contributed by atoms with Crippen LogP contribution in [-0.4, -0.2) is 28.4 Å². The van der Waals surface area contributed by atoms with Gasteiger partial charge in [-0.3, -0.25) is 4.98 Å². The van der Waals surface area contributed by atoms with Gasteiger partial charge in [-0.1, -0.05) is 26.8 Å². The lowest BCUT2D eigenvalue weighted by Crippen LogP contribution is -2.14. The fourth-order valence-corrected chi connectivity index (χ4v) is 2.41. The Hall–Kier alpha value is -1.75. The second-order valence-corrected chi connectivity index (χ2v) is 6.51. The number of aromatic nitrogens is 3. The van der Waals surface area contributed by atoms with Crippen LogP contribution in [0.3, 0.4) is 0 Å². The lowest BCUT2D eigenvalue weighted by molar-refractivity contribution is 0.0795. The van der Waals surface area contributed by atoms with E-state index >= 15 is 0 Å². The molecule has 0 saturated carbocycles. The summed E-state index contributed by atoms with van der Waals surface area (Å²) in [5.74, 6) is 1.51. The van der Waals surface area contributed by atoms with Gasteiger partial charge in [-0.25, -0.2) is 0 Å². The van der Waals surface area contributed by atoms with Gasteiger partial charge < -0.3 is 9.15 Å². The van der Waals surface area contributed by atoms with Crippen LogP contribution in [0.25, 0.3) is 11.6 Å². The summed E-state index contributed by atoms with van der Waals surface area (Å²) in [7, 11) is 0. The summed E-state index contributed by atoms with van der Waals surface area (Å²) in [5.41, 5.74) is 2.01. The summed E-state index contributed by atoms with van der Waals surface area (Å²) in [6, 6.07) is 4.02. The van der Waals surface area contributed by atoms with Crippen LogP contribution in [0.2, 0.25) is 0 Å². The monoisotopic (exact) mass is 287 g/mol. The van der Waals surface area contributed by atoms with E-state index in [0.717, 1.165) is 31.7 Å². The maximum atomic E-state index is 5.79. The van der Waals surface area contributed by atoms with Crippen molar-refractivity contribution in [3.63, 3.8) is 0 Å². The smallest absolute Gasteiger partial charge is 0.266 e. The number of rotatable bonds is 2. The lowest BCUT2D eigenvalue weighted by Gasteiger charge is -2.18. The first-order valence-electron chi connectivity index (χ1n) is 7.42. The number of nitrogens with zero attached hydrogens (tertiary/aromatic N) is 3. The van der Waals surface area contributed by atoms with Gasteiger partial charge in [0, 0.05) is 25.3 Å². The van der Waals surface area contributed by atoms with Crippen molar-refractivity contribution in [3.05, 3.63) is 29.8 Å². The van der Waals surface area contributed by atoms with Crippen LogP contribution >= 0.6 is 0 Å². The predicted molar refractivity (Wildman–Crippen MR) is 79.0 cm³/mol. The highest BCUT2D eigenvalue weighted by atomic mass is 16.5. The Labute approximate surface area is 124 Å². The third-order valence-electron chi connectivity index (χ3n) is 3.86.